The van der Waals surface area contributed by atoms with E-state index in [0.29, 0.717) is 12.8 Å². The van der Waals surface area contributed by atoms with Gasteiger partial charge in [0.15, 0.2) is 11.6 Å². The molecular formula is C16H17NO4. The zero-order valence-electron chi connectivity index (χ0n) is 11.8. The van der Waals surface area contributed by atoms with E-state index in [1.54, 1.807) is 0 Å². The van der Waals surface area contributed by atoms with Gasteiger partial charge in [0.25, 0.3) is 0 Å². The van der Waals surface area contributed by atoms with Gasteiger partial charge < -0.3 is 10.1 Å². The highest BCUT2D eigenvalue weighted by Gasteiger charge is 2.31. The fraction of sp³-hybridized carbons (Fsp3) is 0.312. The number of rotatable bonds is 4. The molecule has 1 saturated carbocycles. The molecule has 0 radical (unpaired) electrons. The van der Waals surface area contributed by atoms with Crippen molar-refractivity contribution >= 4 is 17.5 Å². The first kappa shape index (κ1) is 15.0. The minimum atomic E-state index is -0.454. The van der Waals surface area contributed by atoms with Crippen LogP contribution in [-0.4, -0.2) is 31.2 Å². The van der Waals surface area contributed by atoms with E-state index in [2.05, 4.69) is 10.1 Å². The summed E-state index contributed by atoms with van der Waals surface area (Å²) in [5.74, 6) is -0.913. The second kappa shape index (κ2) is 6.83. The molecule has 110 valence electrons. The van der Waals surface area contributed by atoms with Crippen molar-refractivity contribution in [1.29, 1.82) is 0 Å². The Labute approximate surface area is 123 Å². The molecule has 0 heterocycles. The largest absolute Gasteiger partial charge is 0.468 e. The Balaban J connectivity index is 2.03. The summed E-state index contributed by atoms with van der Waals surface area (Å²) in [6.45, 7) is -0.0668. The highest BCUT2D eigenvalue weighted by atomic mass is 16.5. The Morgan fingerprint density at radius 1 is 1.24 bits per heavy atom. The summed E-state index contributed by atoms with van der Waals surface area (Å²) in [6, 6.07) is 9.55. The molecule has 1 N–H and O–H groups in total. The molecule has 1 aromatic rings. The number of carbonyl (C=O) groups excluding carboxylic acids is 3. The van der Waals surface area contributed by atoms with Gasteiger partial charge in [-0.25, -0.2) is 0 Å². The van der Waals surface area contributed by atoms with E-state index in [4.69, 9.17) is 0 Å². The maximum atomic E-state index is 12.1. The summed E-state index contributed by atoms with van der Waals surface area (Å²) in [4.78, 5) is 35.1. The highest BCUT2D eigenvalue weighted by Crippen LogP contribution is 2.31. The van der Waals surface area contributed by atoms with Crippen LogP contribution in [0.3, 0.4) is 0 Å². The van der Waals surface area contributed by atoms with Crippen LogP contribution in [0.2, 0.25) is 0 Å². The predicted octanol–water partition coefficient (Wildman–Crippen LogP) is 1.35. The van der Waals surface area contributed by atoms with E-state index >= 15 is 0 Å². The van der Waals surface area contributed by atoms with Gasteiger partial charge >= 0.3 is 5.97 Å². The number of nitrogens with one attached hydrogen (secondary N) is 1. The Morgan fingerprint density at radius 2 is 1.86 bits per heavy atom. The average molecular weight is 287 g/mol. The van der Waals surface area contributed by atoms with Gasteiger partial charge in [0, 0.05) is 19.0 Å². The lowest BCUT2D eigenvalue weighted by Crippen LogP contribution is -2.28. The number of carbonyl (C=O) groups is 3. The summed E-state index contributed by atoms with van der Waals surface area (Å²) in [7, 11) is 1.28. The van der Waals surface area contributed by atoms with Crippen LogP contribution >= 0.6 is 0 Å². The molecule has 0 amide bonds. The van der Waals surface area contributed by atoms with E-state index in [0.717, 1.165) is 5.56 Å². The molecule has 1 aliphatic carbocycles. The minimum Gasteiger partial charge on any atom is -0.468 e. The van der Waals surface area contributed by atoms with Crippen LogP contribution in [0.5, 0.6) is 0 Å². The lowest BCUT2D eigenvalue weighted by atomic mass is 9.80. The van der Waals surface area contributed by atoms with E-state index in [-0.39, 0.29) is 29.6 Å². The van der Waals surface area contributed by atoms with Gasteiger partial charge in [-0.3, -0.25) is 14.4 Å². The summed E-state index contributed by atoms with van der Waals surface area (Å²) in [5, 5.41) is 2.64. The van der Waals surface area contributed by atoms with Crippen molar-refractivity contribution in [1.82, 2.24) is 5.32 Å². The number of ether oxygens (including phenoxy) is 1. The van der Waals surface area contributed by atoms with Crippen molar-refractivity contribution in [2.45, 2.75) is 18.8 Å². The molecule has 0 bridgehead atoms. The van der Waals surface area contributed by atoms with Crippen molar-refractivity contribution in [3.05, 3.63) is 47.7 Å². The monoisotopic (exact) mass is 287 g/mol. The van der Waals surface area contributed by atoms with Crippen molar-refractivity contribution in [3.63, 3.8) is 0 Å². The fourth-order valence-electron chi connectivity index (χ4n) is 2.33. The second-order valence-corrected chi connectivity index (χ2v) is 4.88. The van der Waals surface area contributed by atoms with Gasteiger partial charge in [-0.15, -0.1) is 0 Å². The maximum absolute atomic E-state index is 12.1. The Hall–Kier alpha value is -2.43. The van der Waals surface area contributed by atoms with Crippen molar-refractivity contribution in [2.24, 2.45) is 0 Å². The lowest BCUT2D eigenvalue weighted by molar-refractivity contribution is -0.139. The molecule has 0 saturated heterocycles. The minimum absolute atomic E-state index is 0.0658. The summed E-state index contributed by atoms with van der Waals surface area (Å²) < 4.78 is 4.47. The van der Waals surface area contributed by atoms with Gasteiger partial charge in [0.1, 0.15) is 6.54 Å². The van der Waals surface area contributed by atoms with E-state index in [9.17, 15) is 14.4 Å². The number of hydrogen-bond donors (Lipinski definition) is 1. The first-order valence-corrected chi connectivity index (χ1v) is 6.73. The molecule has 5 nitrogen and oxygen atoms in total. The number of esters is 1. The Bertz CT molecular complexity index is 557. The van der Waals surface area contributed by atoms with Gasteiger partial charge in [0.2, 0.25) is 0 Å². The third-order valence-electron chi connectivity index (χ3n) is 3.46. The predicted molar refractivity (Wildman–Crippen MR) is 76.5 cm³/mol. The van der Waals surface area contributed by atoms with Crippen LogP contribution in [-0.2, 0) is 19.1 Å². The van der Waals surface area contributed by atoms with Crippen LogP contribution in [0.25, 0.3) is 0 Å². The number of hydrogen-bond acceptors (Lipinski definition) is 5. The molecule has 21 heavy (non-hydrogen) atoms. The number of benzene rings is 1. The molecule has 0 atom stereocenters. The fourth-order valence-corrected chi connectivity index (χ4v) is 2.33. The third kappa shape index (κ3) is 3.78. The average Bonchev–Trinajstić information content (AvgIpc) is 2.50. The first-order chi connectivity index (χ1) is 10.1. The van der Waals surface area contributed by atoms with Gasteiger partial charge in [-0.2, -0.15) is 0 Å². The molecule has 1 aliphatic rings. The molecule has 2 rings (SSSR count). The van der Waals surface area contributed by atoms with E-state index in [1.165, 1.54) is 13.3 Å². The number of methoxy groups -OCH3 is 1. The SMILES string of the molecule is COC(=O)CNC=C1C(=O)CC(c2ccccc2)CC1=O. The topological polar surface area (TPSA) is 72.5 Å². The zero-order valence-corrected chi connectivity index (χ0v) is 11.8. The third-order valence-corrected chi connectivity index (χ3v) is 3.46. The maximum Gasteiger partial charge on any atom is 0.325 e. The first-order valence-electron chi connectivity index (χ1n) is 6.73. The Morgan fingerprint density at radius 3 is 2.43 bits per heavy atom. The molecule has 0 aromatic heterocycles. The standard InChI is InChI=1S/C16H17NO4/c1-21-16(20)10-17-9-13-14(18)7-12(8-15(13)19)11-5-3-2-4-6-11/h2-6,9,12,17H,7-8,10H2,1H3. The van der Waals surface area contributed by atoms with Crippen molar-refractivity contribution < 1.29 is 19.1 Å². The number of allylic oxidation sites excluding steroid dienone is 1. The molecule has 0 spiro atoms. The van der Waals surface area contributed by atoms with Crippen LogP contribution in [0.1, 0.15) is 24.3 Å². The van der Waals surface area contributed by atoms with Crippen LogP contribution in [0, 0.1) is 0 Å². The second-order valence-electron chi connectivity index (χ2n) is 4.88. The molecule has 0 unspecified atom stereocenters. The normalized spacial score (nSPS) is 18.3. The molecule has 0 aliphatic heterocycles. The van der Waals surface area contributed by atoms with Gasteiger partial charge in [-0.1, -0.05) is 30.3 Å². The smallest absolute Gasteiger partial charge is 0.325 e. The van der Waals surface area contributed by atoms with E-state index < -0.39 is 5.97 Å². The van der Waals surface area contributed by atoms with Crippen LogP contribution in [0.15, 0.2) is 42.1 Å². The number of ketones is 2. The molecule has 1 aromatic carbocycles. The quantitative estimate of drug-likeness (QED) is 0.514. The van der Waals surface area contributed by atoms with Crippen LogP contribution in [0.4, 0.5) is 0 Å². The lowest BCUT2D eigenvalue weighted by Gasteiger charge is -2.22. The highest BCUT2D eigenvalue weighted by molar-refractivity contribution is 6.22. The summed E-state index contributed by atoms with van der Waals surface area (Å²) >= 11 is 0. The van der Waals surface area contributed by atoms with Crippen molar-refractivity contribution in [2.75, 3.05) is 13.7 Å². The molecular weight excluding hydrogens is 270 g/mol. The van der Waals surface area contributed by atoms with Crippen molar-refractivity contribution in [3.8, 4) is 0 Å². The summed E-state index contributed by atoms with van der Waals surface area (Å²) in [5.41, 5.74) is 1.13. The van der Waals surface area contributed by atoms with Crippen LogP contribution < -0.4 is 5.32 Å². The van der Waals surface area contributed by atoms with Gasteiger partial charge in [-0.05, 0) is 11.5 Å². The molecule has 5 heteroatoms. The zero-order chi connectivity index (χ0) is 15.2. The molecule has 1 fully saturated rings. The summed E-state index contributed by atoms with van der Waals surface area (Å²) in [6.07, 6.45) is 1.94. The number of Topliss-reactive ketones (excluding diaryl/α,β-unsaturated/α-hetero) is 2. The van der Waals surface area contributed by atoms with E-state index in [1.807, 2.05) is 30.3 Å². The van der Waals surface area contributed by atoms with Gasteiger partial charge in [0.05, 0.1) is 12.7 Å². The Kier molecular flexibility index (Phi) is 4.87.